The van der Waals surface area contributed by atoms with Gasteiger partial charge in [0.1, 0.15) is 0 Å². The van der Waals surface area contributed by atoms with Crippen LogP contribution >= 0.6 is 34.8 Å². The third-order valence-electron chi connectivity index (χ3n) is 4.06. The maximum atomic E-state index is 12.1. The van der Waals surface area contributed by atoms with Crippen LogP contribution in [0.25, 0.3) is 0 Å². The van der Waals surface area contributed by atoms with Crippen LogP contribution in [0.2, 0.25) is 15.1 Å². The van der Waals surface area contributed by atoms with Gasteiger partial charge in [-0.05, 0) is 37.8 Å². The van der Waals surface area contributed by atoms with Crippen LogP contribution in [0.4, 0.5) is 5.69 Å². The van der Waals surface area contributed by atoms with Crippen LogP contribution in [0.3, 0.4) is 0 Å². The number of hydrogen-bond donors (Lipinski definition) is 2. The smallest absolute Gasteiger partial charge is 0.279 e. The largest absolute Gasteiger partial charge is 0.336 e. The molecule has 2 rings (SSSR count). The first-order valence-electron chi connectivity index (χ1n) is 7.84. The van der Waals surface area contributed by atoms with Gasteiger partial charge in [-0.2, -0.15) is 0 Å². The Kier molecular flexibility index (Phi) is 7.29. The number of nitrogens with two attached hydrogens (primary N) is 1. The summed E-state index contributed by atoms with van der Waals surface area (Å²) in [6.07, 6.45) is 8.88. The van der Waals surface area contributed by atoms with Gasteiger partial charge in [0.15, 0.2) is 6.54 Å². The molecule has 1 aliphatic rings. The molecule has 1 amide bonds. The monoisotopic (exact) mass is 363 g/mol. The zero-order valence-corrected chi connectivity index (χ0v) is 14.8. The fourth-order valence-electron chi connectivity index (χ4n) is 2.85. The second kappa shape index (κ2) is 8.97. The highest BCUT2D eigenvalue weighted by Crippen LogP contribution is 2.33. The Morgan fingerprint density at radius 2 is 1.59 bits per heavy atom. The van der Waals surface area contributed by atoms with E-state index in [1.54, 1.807) is 12.1 Å². The number of carbonyl (C=O) groups excluding carboxylic acids is 1. The molecule has 1 aromatic carbocycles. The summed E-state index contributed by atoms with van der Waals surface area (Å²) >= 11 is 18.0. The lowest BCUT2D eigenvalue weighted by Crippen LogP contribution is -2.91. The zero-order valence-electron chi connectivity index (χ0n) is 12.5. The first-order chi connectivity index (χ1) is 10.6. The molecule has 3 N–H and O–H groups in total. The van der Waals surface area contributed by atoms with E-state index in [9.17, 15) is 4.79 Å². The Morgan fingerprint density at radius 3 is 2.18 bits per heavy atom. The molecule has 0 heterocycles. The van der Waals surface area contributed by atoms with Crippen LogP contribution in [-0.4, -0.2) is 18.5 Å². The molecular weight excluding hydrogens is 343 g/mol. The number of rotatable bonds is 4. The molecular formula is C16H22Cl3N2O+. The molecule has 0 saturated heterocycles. The second-order valence-corrected chi connectivity index (χ2v) is 7.09. The van der Waals surface area contributed by atoms with Crippen LogP contribution in [0.1, 0.15) is 44.9 Å². The van der Waals surface area contributed by atoms with Gasteiger partial charge in [0.2, 0.25) is 0 Å². The van der Waals surface area contributed by atoms with Crippen molar-refractivity contribution in [1.82, 2.24) is 0 Å². The Hall–Kier alpha value is -0.480. The van der Waals surface area contributed by atoms with Crippen molar-refractivity contribution in [3.63, 3.8) is 0 Å². The minimum absolute atomic E-state index is 0.0896. The van der Waals surface area contributed by atoms with Gasteiger partial charge in [0, 0.05) is 5.02 Å². The maximum absolute atomic E-state index is 12.1. The van der Waals surface area contributed by atoms with Crippen molar-refractivity contribution in [1.29, 1.82) is 0 Å². The van der Waals surface area contributed by atoms with Gasteiger partial charge in [-0.15, -0.1) is 0 Å². The molecule has 3 nitrogen and oxygen atoms in total. The van der Waals surface area contributed by atoms with Gasteiger partial charge >= 0.3 is 0 Å². The Balaban J connectivity index is 1.85. The van der Waals surface area contributed by atoms with E-state index in [1.807, 2.05) is 0 Å². The van der Waals surface area contributed by atoms with Crippen molar-refractivity contribution in [2.45, 2.75) is 51.0 Å². The lowest BCUT2D eigenvalue weighted by Gasteiger charge is -2.18. The summed E-state index contributed by atoms with van der Waals surface area (Å²) < 4.78 is 0. The minimum atomic E-state index is -0.0896. The molecule has 0 aliphatic heterocycles. The van der Waals surface area contributed by atoms with E-state index in [1.165, 1.54) is 44.9 Å². The van der Waals surface area contributed by atoms with Gasteiger partial charge in [0.05, 0.1) is 21.8 Å². The molecule has 0 spiro atoms. The SMILES string of the molecule is O=C(C[NH2+]C1CCCCCCC1)Nc1c(Cl)cc(Cl)cc1Cl. The van der Waals surface area contributed by atoms with E-state index in [-0.39, 0.29) is 5.91 Å². The Labute approximate surface area is 146 Å². The molecule has 0 unspecified atom stereocenters. The third-order valence-corrected chi connectivity index (χ3v) is 4.87. The molecule has 22 heavy (non-hydrogen) atoms. The molecule has 122 valence electrons. The second-order valence-electron chi connectivity index (χ2n) is 5.84. The molecule has 0 radical (unpaired) electrons. The molecule has 1 aromatic rings. The minimum Gasteiger partial charge on any atom is -0.336 e. The van der Waals surface area contributed by atoms with Crippen molar-refractivity contribution in [3.8, 4) is 0 Å². The normalized spacial score (nSPS) is 16.9. The first-order valence-corrected chi connectivity index (χ1v) is 8.97. The van der Waals surface area contributed by atoms with Gasteiger partial charge in [-0.25, -0.2) is 0 Å². The van der Waals surface area contributed by atoms with Crippen molar-refractivity contribution in [3.05, 3.63) is 27.2 Å². The zero-order chi connectivity index (χ0) is 15.9. The average Bonchev–Trinajstić information content (AvgIpc) is 2.41. The van der Waals surface area contributed by atoms with Crippen molar-refractivity contribution >= 4 is 46.4 Å². The summed E-state index contributed by atoms with van der Waals surface area (Å²) in [7, 11) is 0. The fraction of sp³-hybridized carbons (Fsp3) is 0.562. The van der Waals surface area contributed by atoms with E-state index in [4.69, 9.17) is 34.8 Å². The summed E-state index contributed by atoms with van der Waals surface area (Å²) in [6.45, 7) is 0.389. The van der Waals surface area contributed by atoms with E-state index in [0.717, 1.165) is 0 Å². The van der Waals surface area contributed by atoms with E-state index in [0.29, 0.717) is 33.3 Å². The molecule has 1 fully saturated rings. The maximum Gasteiger partial charge on any atom is 0.279 e. The topological polar surface area (TPSA) is 45.7 Å². The van der Waals surface area contributed by atoms with Crippen molar-refractivity contribution < 1.29 is 10.1 Å². The van der Waals surface area contributed by atoms with Crippen LogP contribution in [0.15, 0.2) is 12.1 Å². The standard InChI is InChI=1S/C16H21Cl3N2O/c17-11-8-13(18)16(14(19)9-11)21-15(22)10-20-12-6-4-2-1-3-5-7-12/h8-9,12,20H,1-7,10H2,(H,21,22)/p+1. The lowest BCUT2D eigenvalue weighted by atomic mass is 9.97. The summed E-state index contributed by atoms with van der Waals surface area (Å²) in [5, 5.41) is 6.09. The van der Waals surface area contributed by atoms with E-state index in [2.05, 4.69) is 10.6 Å². The van der Waals surface area contributed by atoms with Crippen LogP contribution < -0.4 is 10.6 Å². The van der Waals surface area contributed by atoms with Crippen LogP contribution in [-0.2, 0) is 4.79 Å². The number of nitrogens with one attached hydrogen (secondary N) is 1. The Bertz CT molecular complexity index is 491. The van der Waals surface area contributed by atoms with Crippen molar-refractivity contribution in [2.24, 2.45) is 0 Å². The summed E-state index contributed by atoms with van der Waals surface area (Å²) in [4.78, 5) is 12.1. The van der Waals surface area contributed by atoms with Crippen molar-refractivity contribution in [2.75, 3.05) is 11.9 Å². The highest BCUT2D eigenvalue weighted by atomic mass is 35.5. The number of benzene rings is 1. The van der Waals surface area contributed by atoms with Crippen LogP contribution in [0.5, 0.6) is 0 Å². The summed E-state index contributed by atoms with van der Waals surface area (Å²) in [5.41, 5.74) is 0.434. The summed E-state index contributed by atoms with van der Waals surface area (Å²) in [5.74, 6) is -0.0896. The fourth-order valence-corrected chi connectivity index (χ4v) is 3.76. The number of carbonyl (C=O) groups is 1. The number of hydrogen-bond acceptors (Lipinski definition) is 1. The number of halogens is 3. The quantitative estimate of drug-likeness (QED) is 0.823. The van der Waals surface area contributed by atoms with Gasteiger partial charge in [-0.1, -0.05) is 54.1 Å². The number of amides is 1. The number of quaternary nitrogens is 1. The van der Waals surface area contributed by atoms with Crippen LogP contribution in [0, 0.1) is 0 Å². The van der Waals surface area contributed by atoms with E-state index < -0.39 is 0 Å². The molecule has 0 aromatic heterocycles. The van der Waals surface area contributed by atoms with Gasteiger partial charge < -0.3 is 10.6 Å². The highest BCUT2D eigenvalue weighted by Gasteiger charge is 2.17. The van der Waals surface area contributed by atoms with Gasteiger partial charge in [-0.3, -0.25) is 4.79 Å². The predicted molar refractivity (Wildman–Crippen MR) is 93.0 cm³/mol. The number of anilines is 1. The Morgan fingerprint density at radius 1 is 1.05 bits per heavy atom. The third kappa shape index (κ3) is 5.62. The average molecular weight is 365 g/mol. The predicted octanol–water partition coefficient (Wildman–Crippen LogP) is 4.26. The molecule has 1 aliphatic carbocycles. The van der Waals surface area contributed by atoms with E-state index >= 15 is 0 Å². The first kappa shape index (κ1) is 17.9. The molecule has 0 bridgehead atoms. The molecule has 1 saturated carbocycles. The molecule has 6 heteroatoms. The lowest BCUT2D eigenvalue weighted by molar-refractivity contribution is -0.680. The highest BCUT2D eigenvalue weighted by molar-refractivity contribution is 6.42. The summed E-state index contributed by atoms with van der Waals surface area (Å²) in [6, 6.07) is 3.69. The molecule has 0 atom stereocenters. The van der Waals surface area contributed by atoms with Gasteiger partial charge in [0.25, 0.3) is 5.91 Å².